The fraction of sp³-hybridized carbons (Fsp3) is 0.875. The molecule has 0 fully saturated rings. The van der Waals surface area contributed by atoms with Crippen LogP contribution in [-0.2, 0) is 4.74 Å². The van der Waals surface area contributed by atoms with Gasteiger partial charge >= 0.3 is 0 Å². The van der Waals surface area contributed by atoms with Crippen LogP contribution in [0, 0.1) is 5.21 Å². The zero-order valence-corrected chi connectivity index (χ0v) is 7.76. The SMILES string of the molecule is C=[N+]([O-])C(C)(C)COC(C)C. The van der Waals surface area contributed by atoms with Crippen LogP contribution in [0.5, 0.6) is 0 Å². The molecule has 11 heavy (non-hydrogen) atoms. The van der Waals surface area contributed by atoms with Crippen LogP contribution in [0.15, 0.2) is 0 Å². The maximum Gasteiger partial charge on any atom is 0.189 e. The monoisotopic (exact) mass is 159 g/mol. The lowest BCUT2D eigenvalue weighted by Crippen LogP contribution is -2.37. The third-order valence-corrected chi connectivity index (χ3v) is 1.45. The van der Waals surface area contributed by atoms with Crippen molar-refractivity contribution in [3.8, 4) is 0 Å². The Hall–Kier alpha value is -0.570. The van der Waals surface area contributed by atoms with Gasteiger partial charge in [-0.2, -0.15) is 0 Å². The van der Waals surface area contributed by atoms with Crippen LogP contribution in [0.2, 0.25) is 0 Å². The minimum atomic E-state index is -0.524. The van der Waals surface area contributed by atoms with Crippen LogP contribution < -0.4 is 0 Å². The second kappa shape index (κ2) is 3.72. The van der Waals surface area contributed by atoms with Gasteiger partial charge in [-0.1, -0.05) is 0 Å². The van der Waals surface area contributed by atoms with E-state index >= 15 is 0 Å². The number of ether oxygens (including phenoxy) is 1. The molecule has 66 valence electrons. The van der Waals surface area contributed by atoms with Crippen molar-refractivity contribution in [3.63, 3.8) is 0 Å². The van der Waals surface area contributed by atoms with Crippen LogP contribution >= 0.6 is 0 Å². The van der Waals surface area contributed by atoms with E-state index in [1.807, 2.05) is 13.8 Å². The quantitative estimate of drug-likeness (QED) is 0.269. The molecule has 0 rings (SSSR count). The molecule has 0 heterocycles. The first-order chi connectivity index (χ1) is 4.86. The summed E-state index contributed by atoms with van der Waals surface area (Å²) < 4.78 is 5.96. The number of hydrogen-bond acceptors (Lipinski definition) is 2. The summed E-state index contributed by atoms with van der Waals surface area (Å²) >= 11 is 0. The highest BCUT2D eigenvalue weighted by atomic mass is 16.5. The number of rotatable bonds is 4. The lowest BCUT2D eigenvalue weighted by Gasteiger charge is -2.23. The zero-order valence-electron chi connectivity index (χ0n) is 7.76. The Morgan fingerprint density at radius 2 is 2.00 bits per heavy atom. The summed E-state index contributed by atoms with van der Waals surface area (Å²) in [6, 6.07) is 0. The van der Waals surface area contributed by atoms with E-state index in [4.69, 9.17) is 4.74 Å². The minimum absolute atomic E-state index is 0.161. The normalized spacial score (nSPS) is 12.1. The molecule has 0 saturated heterocycles. The highest BCUT2D eigenvalue weighted by Crippen LogP contribution is 2.08. The van der Waals surface area contributed by atoms with Crippen LogP contribution in [0.25, 0.3) is 0 Å². The molecule has 0 saturated carbocycles. The van der Waals surface area contributed by atoms with Crippen LogP contribution in [0.1, 0.15) is 27.7 Å². The van der Waals surface area contributed by atoms with Gasteiger partial charge in [-0.15, -0.1) is 0 Å². The van der Waals surface area contributed by atoms with Crippen molar-refractivity contribution in [2.45, 2.75) is 39.3 Å². The van der Waals surface area contributed by atoms with Crippen molar-refractivity contribution < 1.29 is 9.48 Å². The van der Waals surface area contributed by atoms with Crippen molar-refractivity contribution in [2.75, 3.05) is 6.61 Å². The molecule has 0 N–H and O–H groups in total. The molecule has 0 spiro atoms. The number of hydroxylamine groups is 1. The molecule has 0 aromatic rings. The summed E-state index contributed by atoms with van der Waals surface area (Å²) in [4.78, 5) is 0. The highest BCUT2D eigenvalue weighted by Gasteiger charge is 2.25. The maximum atomic E-state index is 10.8. The predicted molar refractivity (Wildman–Crippen MR) is 45.9 cm³/mol. The second-order valence-electron chi connectivity index (χ2n) is 3.55. The van der Waals surface area contributed by atoms with Crippen molar-refractivity contribution in [1.29, 1.82) is 0 Å². The van der Waals surface area contributed by atoms with E-state index in [1.54, 1.807) is 13.8 Å². The van der Waals surface area contributed by atoms with Crippen LogP contribution in [0.3, 0.4) is 0 Å². The summed E-state index contributed by atoms with van der Waals surface area (Å²) in [6.45, 7) is 11.2. The molecule has 0 bridgehead atoms. The van der Waals surface area contributed by atoms with Gasteiger partial charge in [-0.25, -0.2) is 4.74 Å². The third kappa shape index (κ3) is 3.98. The third-order valence-electron chi connectivity index (χ3n) is 1.45. The van der Waals surface area contributed by atoms with Crippen molar-refractivity contribution in [3.05, 3.63) is 5.21 Å². The van der Waals surface area contributed by atoms with Crippen LogP contribution in [0.4, 0.5) is 0 Å². The van der Waals surface area contributed by atoms with Gasteiger partial charge in [0.25, 0.3) is 0 Å². The van der Waals surface area contributed by atoms with Gasteiger partial charge in [-0.05, 0) is 13.8 Å². The molecule has 0 aliphatic rings. The Kier molecular flexibility index (Phi) is 3.52. The van der Waals surface area contributed by atoms with E-state index in [9.17, 15) is 5.21 Å². The molecule has 0 aromatic carbocycles. The minimum Gasteiger partial charge on any atom is -0.624 e. The van der Waals surface area contributed by atoms with E-state index in [0.717, 1.165) is 0 Å². The van der Waals surface area contributed by atoms with Gasteiger partial charge in [0, 0.05) is 13.8 Å². The van der Waals surface area contributed by atoms with Gasteiger partial charge in [0.2, 0.25) is 0 Å². The topological polar surface area (TPSA) is 35.3 Å². The lowest BCUT2D eigenvalue weighted by molar-refractivity contribution is -0.538. The van der Waals surface area contributed by atoms with Gasteiger partial charge in [-0.3, -0.25) is 0 Å². The molecular formula is C8H17NO2. The van der Waals surface area contributed by atoms with E-state index in [0.29, 0.717) is 11.3 Å². The largest absolute Gasteiger partial charge is 0.624 e. The van der Waals surface area contributed by atoms with E-state index in [-0.39, 0.29) is 6.10 Å². The summed E-state index contributed by atoms with van der Waals surface area (Å²) in [5, 5.41) is 10.8. The lowest BCUT2D eigenvalue weighted by atomic mass is 10.1. The van der Waals surface area contributed by atoms with Crippen molar-refractivity contribution in [1.82, 2.24) is 0 Å². The summed E-state index contributed by atoms with van der Waals surface area (Å²) in [6.07, 6.45) is 0.161. The molecule has 0 unspecified atom stereocenters. The Morgan fingerprint density at radius 3 is 2.27 bits per heavy atom. The molecule has 0 aliphatic carbocycles. The smallest absolute Gasteiger partial charge is 0.189 e. The predicted octanol–water partition coefficient (Wildman–Crippen LogP) is 1.40. The van der Waals surface area contributed by atoms with Gasteiger partial charge in [0.1, 0.15) is 13.3 Å². The van der Waals surface area contributed by atoms with Crippen molar-refractivity contribution >= 4 is 6.72 Å². The summed E-state index contributed by atoms with van der Waals surface area (Å²) in [5.74, 6) is 0. The molecular weight excluding hydrogens is 142 g/mol. The first-order valence-corrected chi connectivity index (χ1v) is 3.76. The summed E-state index contributed by atoms with van der Waals surface area (Å²) in [5.41, 5.74) is -0.524. The Bertz CT molecular complexity index is 141. The van der Waals surface area contributed by atoms with Crippen LogP contribution in [-0.4, -0.2) is 29.7 Å². The molecule has 3 heteroatoms. The standard InChI is InChI=1S/C8H17NO2/c1-7(2)11-6-8(3,4)9(5)10/h7H,5-6H2,1-4H3. The fourth-order valence-electron chi connectivity index (χ4n) is 0.443. The Balaban J connectivity index is 3.83. The molecule has 3 nitrogen and oxygen atoms in total. The maximum absolute atomic E-state index is 10.8. The Labute approximate surface area is 68.3 Å². The average Bonchev–Trinajstić information content (AvgIpc) is 1.84. The van der Waals surface area contributed by atoms with Gasteiger partial charge < -0.3 is 9.94 Å². The first-order valence-electron chi connectivity index (χ1n) is 3.76. The van der Waals surface area contributed by atoms with E-state index < -0.39 is 5.54 Å². The van der Waals surface area contributed by atoms with Gasteiger partial charge in [0.05, 0.1) is 6.10 Å². The van der Waals surface area contributed by atoms with Gasteiger partial charge in [0.15, 0.2) is 5.54 Å². The molecule has 0 amide bonds. The number of hydrogen-bond donors (Lipinski definition) is 0. The Morgan fingerprint density at radius 1 is 1.55 bits per heavy atom. The first kappa shape index (κ1) is 10.4. The molecule has 0 aromatic heterocycles. The summed E-state index contributed by atoms with van der Waals surface area (Å²) in [7, 11) is 0. The van der Waals surface area contributed by atoms with E-state index in [2.05, 4.69) is 6.72 Å². The molecule has 0 aliphatic heterocycles. The highest BCUT2D eigenvalue weighted by molar-refractivity contribution is 5.15. The zero-order chi connectivity index (χ0) is 9.07. The second-order valence-corrected chi connectivity index (χ2v) is 3.55. The van der Waals surface area contributed by atoms with Crippen molar-refractivity contribution in [2.24, 2.45) is 0 Å². The number of nitrogens with zero attached hydrogens (tertiary/aromatic N) is 1. The van der Waals surface area contributed by atoms with E-state index in [1.165, 1.54) is 0 Å². The molecule has 0 atom stereocenters. The average molecular weight is 159 g/mol. The fourth-order valence-corrected chi connectivity index (χ4v) is 0.443. The molecule has 0 radical (unpaired) electrons.